The van der Waals surface area contributed by atoms with Gasteiger partial charge in [-0.3, -0.25) is 4.99 Å². The number of nitrogens with zero attached hydrogens (tertiary/aromatic N) is 4. The fourth-order valence-corrected chi connectivity index (χ4v) is 4.86. The van der Waals surface area contributed by atoms with Crippen molar-refractivity contribution in [1.82, 2.24) is 14.1 Å². The molecule has 3 rings (SSSR count). The second-order valence-electron chi connectivity index (χ2n) is 6.57. The quantitative estimate of drug-likeness (QED) is 0.797. The third-order valence-corrected chi connectivity index (χ3v) is 6.73. The number of benzene rings is 1. The van der Waals surface area contributed by atoms with Crippen LogP contribution < -0.4 is 0 Å². The second-order valence-corrected chi connectivity index (χ2v) is 8.44. The molecule has 1 saturated heterocycles. The van der Waals surface area contributed by atoms with Gasteiger partial charge in [0, 0.05) is 26.2 Å². The van der Waals surface area contributed by atoms with Gasteiger partial charge < -0.3 is 9.80 Å². The lowest BCUT2D eigenvalue weighted by atomic mass is 10.1. The number of piperazine rings is 1. The average Bonchev–Trinajstić information content (AvgIpc) is 3.13. The zero-order valence-electron chi connectivity index (χ0n) is 15.2. The summed E-state index contributed by atoms with van der Waals surface area (Å²) in [7, 11) is -3.54. The van der Waals surface area contributed by atoms with Crippen molar-refractivity contribution in [3.63, 3.8) is 0 Å². The summed E-state index contributed by atoms with van der Waals surface area (Å²) >= 11 is 0. The number of aliphatic imine (C=N–C) groups is 1. The highest BCUT2D eigenvalue weighted by molar-refractivity contribution is 7.89. The van der Waals surface area contributed by atoms with Crippen molar-refractivity contribution in [3.05, 3.63) is 29.8 Å². The Bertz CT molecular complexity index is 707. The molecule has 6 nitrogen and oxygen atoms in total. The minimum atomic E-state index is -3.54. The van der Waals surface area contributed by atoms with Gasteiger partial charge in [-0.2, -0.15) is 0 Å². The molecule has 0 aromatic heterocycles. The Morgan fingerprint density at radius 1 is 1.00 bits per heavy atom. The molecule has 1 aromatic carbocycles. The summed E-state index contributed by atoms with van der Waals surface area (Å²) < 4.78 is 27.7. The number of likely N-dealkylation sites (N-methyl/N-ethyl adjacent to an activating group) is 1. The fourth-order valence-electron chi connectivity index (χ4n) is 3.41. The molecule has 1 fully saturated rings. The predicted molar refractivity (Wildman–Crippen MR) is 100 cm³/mol. The minimum absolute atomic E-state index is 0.356. The highest BCUT2D eigenvalue weighted by Crippen LogP contribution is 2.21. The van der Waals surface area contributed by atoms with Crippen LogP contribution in [0.25, 0.3) is 0 Å². The van der Waals surface area contributed by atoms with Crippen LogP contribution >= 0.6 is 0 Å². The summed E-state index contributed by atoms with van der Waals surface area (Å²) in [5, 5.41) is 0. The second kappa shape index (κ2) is 7.74. The van der Waals surface area contributed by atoms with Crippen molar-refractivity contribution in [2.24, 2.45) is 4.99 Å². The Morgan fingerprint density at radius 2 is 1.68 bits per heavy atom. The maximum Gasteiger partial charge on any atom is 0.266 e. The van der Waals surface area contributed by atoms with Crippen molar-refractivity contribution >= 4 is 16.0 Å². The Balaban J connectivity index is 1.76. The van der Waals surface area contributed by atoms with E-state index in [1.54, 1.807) is 12.1 Å². The van der Waals surface area contributed by atoms with Crippen LogP contribution in [0.5, 0.6) is 0 Å². The van der Waals surface area contributed by atoms with Crippen molar-refractivity contribution < 1.29 is 8.42 Å². The number of hydrogen-bond acceptors (Lipinski definition) is 5. The van der Waals surface area contributed by atoms with Crippen LogP contribution in [-0.2, 0) is 16.4 Å². The van der Waals surface area contributed by atoms with E-state index in [9.17, 15) is 8.42 Å². The van der Waals surface area contributed by atoms with Crippen molar-refractivity contribution in [2.75, 3.05) is 45.8 Å². The molecular weight excluding hydrogens is 336 g/mol. The molecule has 0 aliphatic carbocycles. The van der Waals surface area contributed by atoms with Crippen LogP contribution in [-0.4, -0.2) is 74.3 Å². The summed E-state index contributed by atoms with van der Waals surface area (Å²) in [4.78, 5) is 9.34. The molecule has 0 unspecified atom stereocenters. The molecular formula is C18H28N4O2S. The molecule has 0 amide bonds. The van der Waals surface area contributed by atoms with Crippen LogP contribution in [0.4, 0.5) is 0 Å². The summed E-state index contributed by atoms with van der Waals surface area (Å²) in [5.41, 5.74) is 1.17. The molecule has 0 N–H and O–H groups in total. The van der Waals surface area contributed by atoms with Crippen LogP contribution in [0.2, 0.25) is 0 Å². The van der Waals surface area contributed by atoms with E-state index in [1.807, 2.05) is 12.1 Å². The molecule has 0 spiro atoms. The molecule has 2 heterocycles. The average molecular weight is 365 g/mol. The number of aryl methyl sites for hydroxylation is 1. The SMILES string of the molecule is CCCc1ccc(S(=O)(=O)N2CCN=C2N2CCN(CC)CC2)cc1. The van der Waals surface area contributed by atoms with Crippen LogP contribution in [0.15, 0.2) is 34.2 Å². The third kappa shape index (κ3) is 3.82. The van der Waals surface area contributed by atoms with E-state index < -0.39 is 10.0 Å². The van der Waals surface area contributed by atoms with Crippen molar-refractivity contribution in [1.29, 1.82) is 0 Å². The maximum atomic E-state index is 13.1. The van der Waals surface area contributed by atoms with Crippen LogP contribution in [0.1, 0.15) is 25.8 Å². The molecule has 7 heteroatoms. The predicted octanol–water partition coefficient (Wildman–Crippen LogP) is 1.64. The lowest BCUT2D eigenvalue weighted by molar-refractivity contribution is 0.184. The third-order valence-electron chi connectivity index (χ3n) is 4.93. The summed E-state index contributed by atoms with van der Waals surface area (Å²) in [6.07, 6.45) is 2.03. The first-order valence-electron chi connectivity index (χ1n) is 9.19. The number of guanidine groups is 1. The van der Waals surface area contributed by atoms with Crippen LogP contribution in [0.3, 0.4) is 0 Å². The highest BCUT2D eigenvalue weighted by atomic mass is 32.2. The van der Waals surface area contributed by atoms with E-state index in [4.69, 9.17) is 0 Å². The largest absolute Gasteiger partial charge is 0.339 e. The van der Waals surface area contributed by atoms with E-state index in [0.29, 0.717) is 23.9 Å². The zero-order chi connectivity index (χ0) is 17.9. The molecule has 2 aliphatic heterocycles. The Hall–Kier alpha value is -1.60. The van der Waals surface area contributed by atoms with Gasteiger partial charge in [0.1, 0.15) is 0 Å². The highest BCUT2D eigenvalue weighted by Gasteiger charge is 2.34. The van der Waals surface area contributed by atoms with E-state index in [1.165, 1.54) is 9.87 Å². The first-order chi connectivity index (χ1) is 12.1. The Morgan fingerprint density at radius 3 is 2.28 bits per heavy atom. The molecule has 0 bridgehead atoms. The van der Waals surface area contributed by atoms with Gasteiger partial charge in [-0.25, -0.2) is 12.7 Å². The summed E-state index contributed by atoms with van der Waals surface area (Å²) in [6, 6.07) is 7.29. The van der Waals surface area contributed by atoms with Crippen molar-refractivity contribution in [2.45, 2.75) is 31.6 Å². The van der Waals surface area contributed by atoms with E-state index in [0.717, 1.165) is 45.6 Å². The number of rotatable bonds is 5. The molecule has 25 heavy (non-hydrogen) atoms. The summed E-state index contributed by atoms with van der Waals surface area (Å²) in [5.74, 6) is 0.619. The Labute approximate surface area is 151 Å². The van der Waals surface area contributed by atoms with Gasteiger partial charge in [0.25, 0.3) is 10.0 Å². The molecule has 2 aliphatic rings. The molecule has 0 radical (unpaired) electrons. The lowest BCUT2D eigenvalue weighted by Crippen LogP contribution is -2.53. The minimum Gasteiger partial charge on any atom is -0.339 e. The Kier molecular flexibility index (Phi) is 5.64. The zero-order valence-corrected chi connectivity index (χ0v) is 16.0. The molecule has 1 aromatic rings. The first kappa shape index (κ1) is 18.2. The van der Waals surface area contributed by atoms with Crippen LogP contribution in [0, 0.1) is 0 Å². The molecule has 0 atom stereocenters. The van der Waals surface area contributed by atoms with Gasteiger partial charge in [-0.1, -0.05) is 32.4 Å². The monoisotopic (exact) mass is 364 g/mol. The van der Waals surface area contributed by atoms with Gasteiger partial charge in [0.2, 0.25) is 5.96 Å². The maximum absolute atomic E-state index is 13.1. The van der Waals surface area contributed by atoms with Crippen molar-refractivity contribution in [3.8, 4) is 0 Å². The normalized spacial score (nSPS) is 19.4. The topological polar surface area (TPSA) is 56.2 Å². The number of sulfonamides is 1. The summed E-state index contributed by atoms with van der Waals surface area (Å²) in [6.45, 7) is 9.84. The molecule has 0 saturated carbocycles. The van der Waals surface area contributed by atoms with E-state index >= 15 is 0 Å². The number of hydrogen-bond donors (Lipinski definition) is 0. The smallest absolute Gasteiger partial charge is 0.266 e. The van der Waals surface area contributed by atoms with Gasteiger partial charge in [-0.15, -0.1) is 0 Å². The van der Waals surface area contributed by atoms with Gasteiger partial charge in [0.15, 0.2) is 0 Å². The van der Waals surface area contributed by atoms with Gasteiger partial charge >= 0.3 is 0 Å². The molecule has 138 valence electrons. The standard InChI is InChI=1S/C18H28N4O2S/c1-3-5-16-6-8-17(9-7-16)25(23,24)22-11-10-19-18(22)21-14-12-20(4-2)13-15-21/h6-9H,3-5,10-15H2,1-2H3. The van der Waals surface area contributed by atoms with Gasteiger partial charge in [-0.05, 0) is 30.7 Å². The van der Waals surface area contributed by atoms with E-state index in [-0.39, 0.29) is 0 Å². The first-order valence-corrected chi connectivity index (χ1v) is 10.6. The van der Waals surface area contributed by atoms with E-state index in [2.05, 4.69) is 28.6 Å². The fraction of sp³-hybridized carbons (Fsp3) is 0.611. The lowest BCUT2D eigenvalue weighted by Gasteiger charge is -2.37. The van der Waals surface area contributed by atoms with Gasteiger partial charge in [0.05, 0.1) is 18.0 Å².